The smallest absolute Gasteiger partial charge is 0.152 e. The van der Waals surface area contributed by atoms with Gasteiger partial charge in [-0.25, -0.2) is 9.97 Å². The van der Waals surface area contributed by atoms with E-state index in [0.29, 0.717) is 12.4 Å². The van der Waals surface area contributed by atoms with Crippen LogP contribution in [0.1, 0.15) is 19.7 Å². The zero-order valence-corrected chi connectivity index (χ0v) is 11.6. The summed E-state index contributed by atoms with van der Waals surface area (Å²) in [5, 5.41) is 1.09. The molecule has 5 nitrogen and oxygen atoms in total. The van der Waals surface area contributed by atoms with Gasteiger partial charge in [0.05, 0.1) is 23.2 Å². The molecule has 102 valence electrons. The van der Waals surface area contributed by atoms with Gasteiger partial charge in [-0.2, -0.15) is 0 Å². The van der Waals surface area contributed by atoms with E-state index in [4.69, 9.17) is 10.5 Å². The van der Waals surface area contributed by atoms with Gasteiger partial charge in [0.1, 0.15) is 17.9 Å². The highest BCUT2D eigenvalue weighted by Gasteiger charge is 2.29. The maximum Gasteiger partial charge on any atom is 0.152 e. The maximum atomic E-state index is 6.07. The molecule has 0 spiro atoms. The second-order valence-corrected chi connectivity index (χ2v) is 5.87. The van der Waals surface area contributed by atoms with Gasteiger partial charge in [0.25, 0.3) is 0 Å². The first kappa shape index (κ1) is 11.7. The van der Waals surface area contributed by atoms with Gasteiger partial charge in [0.15, 0.2) is 5.82 Å². The van der Waals surface area contributed by atoms with E-state index in [0.717, 1.165) is 34.3 Å². The molecule has 2 aromatic heterocycles. The Morgan fingerprint density at radius 3 is 2.90 bits per heavy atom. The predicted molar refractivity (Wildman–Crippen MR) is 78.3 cm³/mol. The number of hydrogen-bond donors (Lipinski definition) is 1. The van der Waals surface area contributed by atoms with Crippen LogP contribution in [-0.4, -0.2) is 20.1 Å². The van der Waals surface area contributed by atoms with E-state index in [1.54, 1.807) is 0 Å². The molecule has 5 heteroatoms. The molecular formula is C15H16N4O. The van der Waals surface area contributed by atoms with Crippen molar-refractivity contribution < 1.29 is 4.74 Å². The molecule has 2 N–H and O–H groups in total. The van der Waals surface area contributed by atoms with E-state index < -0.39 is 0 Å². The first-order chi connectivity index (χ1) is 9.55. The number of fused-ring (bicyclic) bond motifs is 5. The van der Waals surface area contributed by atoms with Crippen LogP contribution in [0.15, 0.2) is 24.3 Å². The lowest BCUT2D eigenvalue weighted by molar-refractivity contribution is -0.0633. The van der Waals surface area contributed by atoms with E-state index in [9.17, 15) is 0 Å². The Hall–Kier alpha value is -2.14. The molecule has 3 heterocycles. The third-order valence-corrected chi connectivity index (χ3v) is 3.82. The number of rotatable bonds is 0. The molecule has 0 radical (unpaired) electrons. The molecule has 20 heavy (non-hydrogen) atoms. The lowest BCUT2D eigenvalue weighted by Crippen LogP contribution is -2.35. The minimum atomic E-state index is -0.195. The number of nitrogen functional groups attached to an aromatic ring is 1. The normalized spacial score (nSPS) is 17.5. The highest BCUT2D eigenvalue weighted by molar-refractivity contribution is 6.06. The number of hydrogen-bond acceptors (Lipinski definition) is 4. The summed E-state index contributed by atoms with van der Waals surface area (Å²) in [5.74, 6) is 1.41. The van der Waals surface area contributed by atoms with Crippen molar-refractivity contribution in [1.82, 2.24) is 14.5 Å². The lowest BCUT2D eigenvalue weighted by Gasteiger charge is -2.31. The van der Waals surface area contributed by atoms with E-state index in [1.165, 1.54) is 0 Å². The Bertz CT molecular complexity index is 835. The van der Waals surface area contributed by atoms with Crippen molar-refractivity contribution in [2.75, 3.05) is 5.73 Å². The standard InChI is InChI=1S/C15H16N4O/c1-15(2)8-19-11(7-20-15)18-12-13(19)9-5-3-4-6-10(9)17-14(12)16/h3-6H,7-8H2,1-2H3,(H2,16,17). The van der Waals surface area contributed by atoms with Gasteiger partial charge in [-0.1, -0.05) is 18.2 Å². The van der Waals surface area contributed by atoms with Crippen LogP contribution < -0.4 is 5.73 Å². The average Bonchev–Trinajstić information content (AvgIpc) is 2.77. The summed E-state index contributed by atoms with van der Waals surface area (Å²) in [7, 11) is 0. The Balaban J connectivity index is 2.15. The third kappa shape index (κ3) is 1.53. The van der Waals surface area contributed by atoms with Crippen LogP contribution in [0, 0.1) is 0 Å². The quantitative estimate of drug-likeness (QED) is 0.680. The number of benzene rings is 1. The fourth-order valence-electron chi connectivity index (χ4n) is 2.87. The second kappa shape index (κ2) is 3.70. The molecule has 1 aromatic carbocycles. The molecular weight excluding hydrogens is 252 g/mol. The van der Waals surface area contributed by atoms with Crippen molar-refractivity contribution >= 4 is 27.8 Å². The SMILES string of the molecule is CC1(C)Cn2c(nc3c(N)nc4ccccc4c32)CO1. The van der Waals surface area contributed by atoms with E-state index in [1.807, 2.05) is 18.2 Å². The number of imidazole rings is 1. The molecule has 1 aliphatic rings. The number of aromatic nitrogens is 3. The minimum absolute atomic E-state index is 0.195. The highest BCUT2D eigenvalue weighted by Crippen LogP contribution is 2.33. The molecule has 3 aromatic rings. The topological polar surface area (TPSA) is 66.0 Å². The molecule has 0 aliphatic carbocycles. The summed E-state index contributed by atoms with van der Waals surface area (Å²) in [6.45, 7) is 5.46. The summed E-state index contributed by atoms with van der Waals surface area (Å²) in [6, 6.07) is 8.04. The number of nitrogens with zero attached hydrogens (tertiary/aromatic N) is 3. The van der Waals surface area contributed by atoms with Gasteiger partial charge < -0.3 is 15.0 Å². The molecule has 0 atom stereocenters. The van der Waals surface area contributed by atoms with Crippen molar-refractivity contribution in [2.45, 2.75) is 32.6 Å². The Morgan fingerprint density at radius 2 is 2.05 bits per heavy atom. The summed E-state index contributed by atoms with van der Waals surface area (Å²) >= 11 is 0. The van der Waals surface area contributed by atoms with E-state index in [2.05, 4.69) is 34.4 Å². The van der Waals surface area contributed by atoms with Crippen molar-refractivity contribution in [3.8, 4) is 0 Å². The van der Waals surface area contributed by atoms with Gasteiger partial charge in [-0.15, -0.1) is 0 Å². The number of ether oxygens (including phenoxy) is 1. The number of pyridine rings is 1. The predicted octanol–water partition coefficient (Wildman–Crippen LogP) is 2.48. The van der Waals surface area contributed by atoms with Gasteiger partial charge in [0, 0.05) is 5.39 Å². The molecule has 0 fully saturated rings. The molecule has 0 bridgehead atoms. The van der Waals surface area contributed by atoms with Crippen molar-refractivity contribution in [3.63, 3.8) is 0 Å². The third-order valence-electron chi connectivity index (χ3n) is 3.82. The van der Waals surface area contributed by atoms with Crippen LogP contribution in [0.25, 0.3) is 21.9 Å². The first-order valence-electron chi connectivity index (χ1n) is 6.72. The van der Waals surface area contributed by atoms with Gasteiger partial charge in [0.2, 0.25) is 0 Å². The summed E-state index contributed by atoms with van der Waals surface area (Å²) in [4.78, 5) is 9.06. The van der Waals surface area contributed by atoms with Crippen LogP contribution in [0.5, 0.6) is 0 Å². The fraction of sp³-hybridized carbons (Fsp3) is 0.333. The fourth-order valence-corrected chi connectivity index (χ4v) is 2.87. The van der Waals surface area contributed by atoms with Crippen molar-refractivity contribution in [1.29, 1.82) is 0 Å². The number of anilines is 1. The monoisotopic (exact) mass is 268 g/mol. The zero-order chi connectivity index (χ0) is 13.9. The Morgan fingerprint density at radius 1 is 1.25 bits per heavy atom. The molecule has 0 amide bonds. The summed E-state index contributed by atoms with van der Waals surface area (Å²) in [5.41, 5.74) is 8.63. The van der Waals surface area contributed by atoms with E-state index >= 15 is 0 Å². The second-order valence-electron chi connectivity index (χ2n) is 5.87. The van der Waals surface area contributed by atoms with Gasteiger partial charge >= 0.3 is 0 Å². The van der Waals surface area contributed by atoms with Crippen molar-refractivity contribution in [3.05, 3.63) is 30.1 Å². The maximum absolute atomic E-state index is 6.07. The molecule has 4 rings (SSSR count). The average molecular weight is 268 g/mol. The Kier molecular flexibility index (Phi) is 2.16. The van der Waals surface area contributed by atoms with Gasteiger partial charge in [-0.05, 0) is 19.9 Å². The summed E-state index contributed by atoms with van der Waals surface area (Å²) in [6.07, 6.45) is 0. The van der Waals surface area contributed by atoms with Gasteiger partial charge in [-0.3, -0.25) is 0 Å². The first-order valence-corrected chi connectivity index (χ1v) is 6.72. The van der Waals surface area contributed by atoms with Crippen LogP contribution in [0.4, 0.5) is 5.82 Å². The van der Waals surface area contributed by atoms with Crippen molar-refractivity contribution in [2.24, 2.45) is 0 Å². The van der Waals surface area contributed by atoms with E-state index in [-0.39, 0.29) is 5.60 Å². The summed E-state index contributed by atoms with van der Waals surface area (Å²) < 4.78 is 8.05. The van der Waals surface area contributed by atoms with Crippen LogP contribution in [0.3, 0.4) is 0 Å². The number of para-hydroxylation sites is 1. The molecule has 1 aliphatic heterocycles. The lowest BCUT2D eigenvalue weighted by atomic mass is 10.1. The van der Waals surface area contributed by atoms with Crippen LogP contribution in [0.2, 0.25) is 0 Å². The highest BCUT2D eigenvalue weighted by atomic mass is 16.5. The minimum Gasteiger partial charge on any atom is -0.382 e. The Labute approximate surface area is 116 Å². The number of nitrogens with two attached hydrogens (primary N) is 1. The largest absolute Gasteiger partial charge is 0.382 e. The molecule has 0 unspecified atom stereocenters. The molecule has 0 saturated carbocycles. The molecule has 0 saturated heterocycles. The zero-order valence-electron chi connectivity index (χ0n) is 11.6. The van der Waals surface area contributed by atoms with Crippen LogP contribution in [-0.2, 0) is 17.9 Å². The van der Waals surface area contributed by atoms with Crippen LogP contribution >= 0.6 is 0 Å².